The van der Waals surface area contributed by atoms with Gasteiger partial charge in [-0.05, 0) is 43.0 Å². The van der Waals surface area contributed by atoms with E-state index in [4.69, 9.17) is 0 Å². The monoisotopic (exact) mass is 371 g/mol. The van der Waals surface area contributed by atoms with Gasteiger partial charge in [-0.2, -0.15) is 5.26 Å². The van der Waals surface area contributed by atoms with Crippen LogP contribution in [0.4, 0.5) is 5.69 Å². The third kappa shape index (κ3) is 4.02. The first-order valence-electron chi connectivity index (χ1n) is 9.08. The van der Waals surface area contributed by atoms with Crippen LogP contribution in [-0.2, 0) is 11.2 Å². The number of carbonyl (C=O) groups is 1. The van der Waals surface area contributed by atoms with Gasteiger partial charge in [0, 0.05) is 23.4 Å². The zero-order chi connectivity index (χ0) is 20.1. The van der Waals surface area contributed by atoms with E-state index in [0.29, 0.717) is 17.7 Å². The molecule has 0 saturated heterocycles. The van der Waals surface area contributed by atoms with Gasteiger partial charge in [0.1, 0.15) is 11.6 Å². The van der Waals surface area contributed by atoms with E-state index in [9.17, 15) is 14.9 Å². The molecular formula is C23H21N3O2. The number of aromatic nitrogens is 1. The number of pyridine rings is 1. The standard InChI is InChI=1S/C23H21N3O2/c1-15-18(16(2)25-23(28)20(15)14-24)12-13-22(27)26-21-11-7-6-10-19(21)17-8-4-3-5-9-17/h3-11H,12-13H2,1-2H3,(H,25,28)(H,26,27). The number of hydrogen-bond acceptors (Lipinski definition) is 3. The second-order valence-electron chi connectivity index (χ2n) is 6.63. The molecule has 0 aliphatic carbocycles. The number of para-hydroxylation sites is 1. The number of aromatic amines is 1. The predicted octanol–water partition coefficient (Wildman–Crippen LogP) is 4.10. The number of H-pyrrole nitrogens is 1. The van der Waals surface area contributed by atoms with Crippen molar-refractivity contribution in [3.05, 3.63) is 87.3 Å². The summed E-state index contributed by atoms with van der Waals surface area (Å²) in [5.74, 6) is -0.119. The number of nitriles is 1. The summed E-state index contributed by atoms with van der Waals surface area (Å²) in [4.78, 5) is 27.1. The highest BCUT2D eigenvalue weighted by Crippen LogP contribution is 2.27. The van der Waals surface area contributed by atoms with Gasteiger partial charge in [0.2, 0.25) is 5.91 Å². The van der Waals surface area contributed by atoms with E-state index in [1.807, 2.05) is 60.7 Å². The molecule has 1 heterocycles. The molecule has 0 unspecified atom stereocenters. The minimum absolute atomic E-state index is 0.107. The summed E-state index contributed by atoms with van der Waals surface area (Å²) < 4.78 is 0. The molecule has 2 aromatic carbocycles. The number of nitrogens with one attached hydrogen (secondary N) is 2. The Morgan fingerprint density at radius 1 is 1.07 bits per heavy atom. The number of amides is 1. The molecule has 5 nitrogen and oxygen atoms in total. The Hall–Kier alpha value is -3.65. The van der Waals surface area contributed by atoms with Crippen LogP contribution in [0.2, 0.25) is 0 Å². The molecular weight excluding hydrogens is 350 g/mol. The van der Waals surface area contributed by atoms with E-state index in [-0.39, 0.29) is 23.5 Å². The molecule has 0 aliphatic heterocycles. The number of benzene rings is 2. The van der Waals surface area contributed by atoms with Crippen molar-refractivity contribution in [2.45, 2.75) is 26.7 Å². The van der Waals surface area contributed by atoms with Crippen LogP contribution in [0, 0.1) is 25.2 Å². The van der Waals surface area contributed by atoms with E-state index in [2.05, 4.69) is 10.3 Å². The third-order valence-corrected chi connectivity index (χ3v) is 4.81. The lowest BCUT2D eigenvalue weighted by atomic mass is 9.99. The molecule has 0 bridgehead atoms. The molecule has 1 amide bonds. The molecule has 2 N–H and O–H groups in total. The topological polar surface area (TPSA) is 85.8 Å². The summed E-state index contributed by atoms with van der Waals surface area (Å²) in [5, 5.41) is 12.2. The van der Waals surface area contributed by atoms with Crippen molar-refractivity contribution >= 4 is 11.6 Å². The average Bonchev–Trinajstić information content (AvgIpc) is 2.69. The molecule has 1 aromatic heterocycles. The average molecular weight is 371 g/mol. The van der Waals surface area contributed by atoms with Gasteiger partial charge in [0.25, 0.3) is 5.56 Å². The quantitative estimate of drug-likeness (QED) is 0.708. The highest BCUT2D eigenvalue weighted by molar-refractivity contribution is 5.95. The fourth-order valence-electron chi connectivity index (χ4n) is 3.33. The Morgan fingerprint density at radius 3 is 2.46 bits per heavy atom. The molecule has 28 heavy (non-hydrogen) atoms. The van der Waals surface area contributed by atoms with Crippen LogP contribution in [0.15, 0.2) is 59.4 Å². The van der Waals surface area contributed by atoms with Crippen LogP contribution in [0.1, 0.15) is 28.8 Å². The summed E-state index contributed by atoms with van der Waals surface area (Å²) in [6.07, 6.45) is 0.699. The zero-order valence-electron chi connectivity index (χ0n) is 15.9. The third-order valence-electron chi connectivity index (χ3n) is 4.81. The summed E-state index contributed by atoms with van der Waals surface area (Å²) in [6, 6.07) is 19.5. The van der Waals surface area contributed by atoms with E-state index in [1.165, 1.54) is 0 Å². The molecule has 0 saturated carbocycles. The van der Waals surface area contributed by atoms with Gasteiger partial charge < -0.3 is 10.3 Å². The predicted molar refractivity (Wildman–Crippen MR) is 110 cm³/mol. The van der Waals surface area contributed by atoms with Crippen molar-refractivity contribution in [2.24, 2.45) is 0 Å². The molecule has 0 atom stereocenters. The van der Waals surface area contributed by atoms with E-state index < -0.39 is 0 Å². The summed E-state index contributed by atoms with van der Waals surface area (Å²) in [5.41, 5.74) is 4.64. The molecule has 5 heteroatoms. The molecule has 0 aliphatic rings. The van der Waals surface area contributed by atoms with Crippen molar-refractivity contribution in [1.29, 1.82) is 5.26 Å². The van der Waals surface area contributed by atoms with Gasteiger partial charge >= 0.3 is 0 Å². The SMILES string of the molecule is Cc1[nH]c(=O)c(C#N)c(C)c1CCC(=O)Nc1ccccc1-c1ccccc1. The van der Waals surface area contributed by atoms with Gasteiger partial charge in [0.05, 0.1) is 0 Å². The lowest BCUT2D eigenvalue weighted by molar-refractivity contribution is -0.116. The first-order chi connectivity index (χ1) is 13.5. The van der Waals surface area contributed by atoms with Gasteiger partial charge in [0.15, 0.2) is 0 Å². The van der Waals surface area contributed by atoms with Crippen LogP contribution in [-0.4, -0.2) is 10.9 Å². The molecule has 3 rings (SSSR count). The maximum atomic E-state index is 12.6. The van der Waals surface area contributed by atoms with Crippen LogP contribution >= 0.6 is 0 Å². The highest BCUT2D eigenvalue weighted by Gasteiger charge is 2.14. The molecule has 0 fully saturated rings. The number of nitrogens with zero attached hydrogens (tertiary/aromatic N) is 1. The number of hydrogen-bond donors (Lipinski definition) is 2. The number of anilines is 1. The lowest BCUT2D eigenvalue weighted by Gasteiger charge is -2.13. The van der Waals surface area contributed by atoms with Gasteiger partial charge in [-0.3, -0.25) is 9.59 Å². The fraction of sp³-hybridized carbons (Fsp3) is 0.174. The second-order valence-corrected chi connectivity index (χ2v) is 6.63. The van der Waals surface area contributed by atoms with Gasteiger partial charge in [-0.25, -0.2) is 0 Å². The van der Waals surface area contributed by atoms with Crippen molar-refractivity contribution in [3.63, 3.8) is 0 Å². The Balaban J connectivity index is 1.77. The van der Waals surface area contributed by atoms with Crippen LogP contribution < -0.4 is 10.9 Å². The number of rotatable bonds is 5. The zero-order valence-corrected chi connectivity index (χ0v) is 15.9. The van der Waals surface area contributed by atoms with Crippen LogP contribution in [0.5, 0.6) is 0 Å². The minimum Gasteiger partial charge on any atom is -0.326 e. The molecule has 140 valence electrons. The van der Waals surface area contributed by atoms with Crippen LogP contribution in [0.25, 0.3) is 11.1 Å². The Bertz CT molecular complexity index is 1110. The number of carbonyl (C=O) groups excluding carboxylic acids is 1. The minimum atomic E-state index is -0.387. The number of aryl methyl sites for hydroxylation is 1. The Labute approximate surface area is 163 Å². The molecule has 0 spiro atoms. The Morgan fingerprint density at radius 2 is 1.75 bits per heavy atom. The maximum absolute atomic E-state index is 12.6. The lowest BCUT2D eigenvalue weighted by Crippen LogP contribution is -2.18. The van der Waals surface area contributed by atoms with E-state index in [1.54, 1.807) is 13.8 Å². The molecule has 0 radical (unpaired) electrons. The van der Waals surface area contributed by atoms with Gasteiger partial charge in [-0.1, -0.05) is 48.5 Å². The van der Waals surface area contributed by atoms with E-state index in [0.717, 1.165) is 22.4 Å². The van der Waals surface area contributed by atoms with Crippen molar-refractivity contribution in [2.75, 3.05) is 5.32 Å². The highest BCUT2D eigenvalue weighted by atomic mass is 16.1. The summed E-state index contributed by atoms with van der Waals surface area (Å²) in [7, 11) is 0. The molecule has 3 aromatic rings. The summed E-state index contributed by atoms with van der Waals surface area (Å²) >= 11 is 0. The largest absolute Gasteiger partial charge is 0.326 e. The first kappa shape index (κ1) is 19.1. The Kier molecular flexibility index (Phi) is 5.71. The van der Waals surface area contributed by atoms with E-state index >= 15 is 0 Å². The second kappa shape index (κ2) is 8.36. The normalized spacial score (nSPS) is 10.3. The fourth-order valence-corrected chi connectivity index (χ4v) is 3.33. The van der Waals surface area contributed by atoms with Crippen LogP contribution in [0.3, 0.4) is 0 Å². The first-order valence-corrected chi connectivity index (χ1v) is 9.08. The smallest absolute Gasteiger partial charge is 0.266 e. The van der Waals surface area contributed by atoms with Crippen molar-refractivity contribution in [3.8, 4) is 17.2 Å². The van der Waals surface area contributed by atoms with Crippen molar-refractivity contribution < 1.29 is 4.79 Å². The maximum Gasteiger partial charge on any atom is 0.266 e. The van der Waals surface area contributed by atoms with Crippen molar-refractivity contribution in [1.82, 2.24) is 4.98 Å². The van der Waals surface area contributed by atoms with Gasteiger partial charge in [-0.15, -0.1) is 0 Å². The summed E-state index contributed by atoms with van der Waals surface area (Å²) in [6.45, 7) is 3.53.